The molecule has 3 heteroatoms. The first-order valence-corrected chi connectivity index (χ1v) is 8.74. The normalized spacial score (nSPS) is 39.9. The van der Waals surface area contributed by atoms with Gasteiger partial charge in [-0.1, -0.05) is 6.92 Å². The van der Waals surface area contributed by atoms with Crippen molar-refractivity contribution in [1.82, 2.24) is 10.2 Å². The molecule has 1 N–H and O–H groups in total. The van der Waals surface area contributed by atoms with Crippen LogP contribution in [-0.2, 0) is 4.74 Å². The van der Waals surface area contributed by atoms with Crippen molar-refractivity contribution in [2.24, 2.45) is 11.3 Å². The van der Waals surface area contributed by atoms with Gasteiger partial charge in [0.05, 0.1) is 6.61 Å². The molecule has 0 aromatic carbocycles. The first kappa shape index (κ1) is 14.8. The minimum Gasteiger partial charge on any atom is -0.381 e. The first-order valence-electron chi connectivity index (χ1n) is 8.74. The Balaban J connectivity index is 1.61. The summed E-state index contributed by atoms with van der Waals surface area (Å²) in [6.07, 6.45) is 8.12. The highest BCUT2D eigenvalue weighted by molar-refractivity contribution is 4.93. The largest absolute Gasteiger partial charge is 0.381 e. The van der Waals surface area contributed by atoms with E-state index in [0.29, 0.717) is 5.41 Å². The number of ether oxygens (including phenoxy) is 1. The summed E-state index contributed by atoms with van der Waals surface area (Å²) >= 11 is 0. The van der Waals surface area contributed by atoms with Gasteiger partial charge >= 0.3 is 0 Å². The third kappa shape index (κ3) is 3.55. The first-order chi connectivity index (χ1) is 9.69. The lowest BCUT2D eigenvalue weighted by atomic mass is 9.80. The van der Waals surface area contributed by atoms with Crippen LogP contribution in [0.2, 0.25) is 0 Å². The predicted molar refractivity (Wildman–Crippen MR) is 82.9 cm³/mol. The molecule has 20 heavy (non-hydrogen) atoms. The van der Waals surface area contributed by atoms with Gasteiger partial charge in [-0.15, -0.1) is 0 Å². The topological polar surface area (TPSA) is 24.5 Å². The van der Waals surface area contributed by atoms with E-state index < -0.39 is 0 Å². The summed E-state index contributed by atoms with van der Waals surface area (Å²) in [5, 5.41) is 3.78. The number of nitrogens with zero attached hydrogens (tertiary/aromatic N) is 1. The van der Waals surface area contributed by atoms with Gasteiger partial charge in [-0.05, 0) is 57.9 Å². The summed E-state index contributed by atoms with van der Waals surface area (Å²) in [5.41, 5.74) is 0.367. The number of hydrogen-bond donors (Lipinski definition) is 1. The van der Waals surface area contributed by atoms with Crippen LogP contribution < -0.4 is 5.32 Å². The van der Waals surface area contributed by atoms with Crippen molar-refractivity contribution in [3.05, 3.63) is 0 Å². The zero-order valence-corrected chi connectivity index (χ0v) is 13.4. The second-order valence-electron chi connectivity index (χ2n) is 7.64. The van der Waals surface area contributed by atoms with Crippen molar-refractivity contribution in [1.29, 1.82) is 0 Å². The fourth-order valence-electron chi connectivity index (χ4n) is 3.95. The van der Waals surface area contributed by atoms with Gasteiger partial charge in [-0.2, -0.15) is 0 Å². The van der Waals surface area contributed by atoms with E-state index in [2.05, 4.69) is 24.1 Å². The minimum absolute atomic E-state index is 0.367. The molecule has 0 spiro atoms. The Labute approximate surface area is 124 Å². The van der Waals surface area contributed by atoms with Crippen molar-refractivity contribution in [2.75, 3.05) is 32.8 Å². The van der Waals surface area contributed by atoms with Crippen molar-refractivity contribution < 1.29 is 4.74 Å². The van der Waals surface area contributed by atoms with Crippen LogP contribution in [0.1, 0.15) is 52.4 Å². The van der Waals surface area contributed by atoms with E-state index in [-0.39, 0.29) is 0 Å². The number of hydrogen-bond acceptors (Lipinski definition) is 3. The zero-order valence-electron chi connectivity index (χ0n) is 13.4. The van der Waals surface area contributed by atoms with Crippen LogP contribution in [0.5, 0.6) is 0 Å². The summed E-state index contributed by atoms with van der Waals surface area (Å²) in [5.74, 6) is 0.849. The van der Waals surface area contributed by atoms with E-state index in [0.717, 1.165) is 37.8 Å². The smallest absolute Gasteiger partial charge is 0.0546 e. The average Bonchev–Trinajstić information content (AvgIpc) is 3.27. The van der Waals surface area contributed by atoms with E-state index in [1.165, 1.54) is 51.6 Å². The fraction of sp³-hybridized carbons (Fsp3) is 1.00. The maximum Gasteiger partial charge on any atom is 0.0546 e. The molecule has 0 amide bonds. The maximum atomic E-state index is 5.88. The van der Waals surface area contributed by atoms with E-state index in [9.17, 15) is 0 Å². The van der Waals surface area contributed by atoms with E-state index in [4.69, 9.17) is 4.74 Å². The molecular formula is C17H32N2O. The Morgan fingerprint density at radius 1 is 1.20 bits per heavy atom. The van der Waals surface area contributed by atoms with Gasteiger partial charge < -0.3 is 10.1 Å². The SMILES string of the molecule is CC1CCCN(CC2(CNC3CC3)CCCOC2)C1C. The second-order valence-corrected chi connectivity index (χ2v) is 7.64. The maximum absolute atomic E-state index is 5.88. The summed E-state index contributed by atoms with van der Waals surface area (Å²) in [6, 6.07) is 1.55. The standard InChI is InChI=1S/C17H32N2O/c1-14-5-3-9-19(15(14)2)12-17(8-4-10-20-13-17)11-18-16-6-7-16/h14-16,18H,3-13H2,1-2H3. The Kier molecular flexibility index (Phi) is 4.68. The van der Waals surface area contributed by atoms with E-state index in [1.807, 2.05) is 0 Å². The molecule has 3 unspecified atom stereocenters. The van der Waals surface area contributed by atoms with Gasteiger partial charge in [0.1, 0.15) is 0 Å². The highest BCUT2D eigenvalue weighted by Crippen LogP contribution is 2.34. The average molecular weight is 280 g/mol. The molecule has 2 heterocycles. The van der Waals surface area contributed by atoms with Crippen molar-refractivity contribution >= 4 is 0 Å². The quantitative estimate of drug-likeness (QED) is 0.838. The van der Waals surface area contributed by atoms with Crippen LogP contribution in [-0.4, -0.2) is 49.8 Å². The van der Waals surface area contributed by atoms with Crippen molar-refractivity contribution in [2.45, 2.75) is 64.5 Å². The molecule has 0 bridgehead atoms. The molecule has 3 aliphatic rings. The molecule has 0 radical (unpaired) electrons. The number of nitrogens with one attached hydrogen (secondary N) is 1. The van der Waals surface area contributed by atoms with E-state index >= 15 is 0 Å². The molecular weight excluding hydrogens is 248 g/mol. The molecule has 3 atom stereocenters. The Morgan fingerprint density at radius 2 is 2.05 bits per heavy atom. The minimum atomic E-state index is 0.367. The molecule has 3 fully saturated rings. The Bertz CT molecular complexity index is 310. The Hall–Kier alpha value is -0.120. The lowest BCUT2D eigenvalue weighted by molar-refractivity contribution is -0.0414. The predicted octanol–water partition coefficient (Wildman–Crippen LogP) is 2.66. The van der Waals surface area contributed by atoms with Crippen molar-refractivity contribution in [3.8, 4) is 0 Å². The van der Waals surface area contributed by atoms with Crippen LogP contribution in [0.4, 0.5) is 0 Å². The highest BCUT2D eigenvalue weighted by Gasteiger charge is 2.38. The van der Waals surface area contributed by atoms with Gasteiger partial charge in [0, 0.05) is 37.2 Å². The van der Waals surface area contributed by atoms with Crippen LogP contribution in [0.25, 0.3) is 0 Å². The summed E-state index contributed by atoms with van der Waals surface area (Å²) < 4.78 is 5.88. The van der Waals surface area contributed by atoms with Gasteiger partial charge in [-0.3, -0.25) is 4.90 Å². The summed E-state index contributed by atoms with van der Waals surface area (Å²) in [4.78, 5) is 2.75. The third-order valence-electron chi connectivity index (χ3n) is 5.79. The van der Waals surface area contributed by atoms with Gasteiger partial charge in [-0.25, -0.2) is 0 Å². The number of likely N-dealkylation sites (tertiary alicyclic amines) is 1. The molecule has 0 aromatic rings. The van der Waals surface area contributed by atoms with Gasteiger partial charge in [0.15, 0.2) is 0 Å². The zero-order chi connectivity index (χ0) is 14.0. The number of rotatable bonds is 5. The molecule has 2 aliphatic heterocycles. The van der Waals surface area contributed by atoms with Gasteiger partial charge in [0.25, 0.3) is 0 Å². The lowest BCUT2D eigenvalue weighted by Crippen LogP contribution is -2.53. The van der Waals surface area contributed by atoms with Crippen LogP contribution >= 0.6 is 0 Å². The van der Waals surface area contributed by atoms with Gasteiger partial charge in [0.2, 0.25) is 0 Å². The highest BCUT2D eigenvalue weighted by atomic mass is 16.5. The molecule has 1 aliphatic carbocycles. The summed E-state index contributed by atoms with van der Waals surface area (Å²) in [6.45, 7) is 10.5. The monoisotopic (exact) mass is 280 g/mol. The lowest BCUT2D eigenvalue weighted by Gasteiger charge is -2.46. The second kappa shape index (κ2) is 6.33. The Morgan fingerprint density at radius 3 is 2.75 bits per heavy atom. The molecule has 3 rings (SSSR count). The summed E-state index contributed by atoms with van der Waals surface area (Å²) in [7, 11) is 0. The molecule has 116 valence electrons. The van der Waals surface area contributed by atoms with Crippen LogP contribution in [0, 0.1) is 11.3 Å². The number of piperidine rings is 1. The fourth-order valence-corrected chi connectivity index (χ4v) is 3.95. The van der Waals surface area contributed by atoms with Crippen LogP contribution in [0.3, 0.4) is 0 Å². The third-order valence-corrected chi connectivity index (χ3v) is 5.79. The van der Waals surface area contributed by atoms with E-state index in [1.54, 1.807) is 0 Å². The molecule has 2 saturated heterocycles. The van der Waals surface area contributed by atoms with Crippen molar-refractivity contribution in [3.63, 3.8) is 0 Å². The van der Waals surface area contributed by atoms with Crippen LogP contribution in [0.15, 0.2) is 0 Å². The molecule has 0 aromatic heterocycles. The molecule has 1 saturated carbocycles. The molecule has 3 nitrogen and oxygen atoms in total.